The van der Waals surface area contributed by atoms with Crippen molar-refractivity contribution < 1.29 is 9.18 Å². The van der Waals surface area contributed by atoms with Crippen LogP contribution in [0.4, 0.5) is 15.9 Å². The molecular weight excluding hydrogens is 383 g/mol. The fraction of sp³-hybridized carbons (Fsp3) is 0.364. The van der Waals surface area contributed by atoms with Crippen LogP contribution >= 0.6 is 0 Å². The largest absolute Gasteiger partial charge is 0.354 e. The number of carbonyl (C=O) groups is 1. The SMILES string of the molecule is Cc1ccc2cc(NC(=O)c3cnc(N4CC[C@@H](NC5CC5)C4)cn3)cc(F)c2n1. The van der Waals surface area contributed by atoms with Crippen LogP contribution in [-0.2, 0) is 0 Å². The average molecular weight is 406 g/mol. The van der Waals surface area contributed by atoms with Gasteiger partial charge >= 0.3 is 0 Å². The Morgan fingerprint density at radius 1 is 1.13 bits per heavy atom. The number of hydrogen-bond acceptors (Lipinski definition) is 6. The number of aromatic nitrogens is 3. The predicted octanol–water partition coefficient (Wildman–Crippen LogP) is 3.06. The second-order valence-electron chi connectivity index (χ2n) is 8.07. The van der Waals surface area contributed by atoms with Gasteiger partial charge in [-0.15, -0.1) is 0 Å². The molecule has 0 bridgehead atoms. The first kappa shape index (κ1) is 18.9. The van der Waals surface area contributed by atoms with Gasteiger partial charge in [0.15, 0.2) is 5.82 Å². The van der Waals surface area contributed by atoms with Crippen molar-refractivity contribution in [2.75, 3.05) is 23.3 Å². The van der Waals surface area contributed by atoms with Crippen molar-refractivity contribution in [1.82, 2.24) is 20.3 Å². The highest BCUT2D eigenvalue weighted by Crippen LogP contribution is 2.24. The number of anilines is 2. The molecule has 2 aromatic heterocycles. The van der Waals surface area contributed by atoms with Gasteiger partial charge in [0.25, 0.3) is 5.91 Å². The number of pyridine rings is 1. The molecule has 2 fully saturated rings. The summed E-state index contributed by atoms with van der Waals surface area (Å²) < 4.78 is 14.4. The highest BCUT2D eigenvalue weighted by atomic mass is 19.1. The van der Waals surface area contributed by atoms with E-state index < -0.39 is 11.7 Å². The lowest BCUT2D eigenvalue weighted by molar-refractivity contribution is 0.102. The van der Waals surface area contributed by atoms with Gasteiger partial charge in [-0.2, -0.15) is 0 Å². The Hall–Kier alpha value is -3.13. The van der Waals surface area contributed by atoms with Gasteiger partial charge in [0.1, 0.15) is 17.0 Å². The molecule has 3 aromatic rings. The minimum atomic E-state index is -0.476. The smallest absolute Gasteiger partial charge is 0.275 e. The van der Waals surface area contributed by atoms with E-state index in [2.05, 4.69) is 30.5 Å². The Morgan fingerprint density at radius 2 is 2.00 bits per heavy atom. The third-order valence-corrected chi connectivity index (χ3v) is 5.57. The summed E-state index contributed by atoms with van der Waals surface area (Å²) in [6.07, 6.45) is 6.73. The van der Waals surface area contributed by atoms with Crippen LogP contribution in [-0.4, -0.2) is 46.0 Å². The third-order valence-electron chi connectivity index (χ3n) is 5.57. The van der Waals surface area contributed by atoms with Crippen LogP contribution in [0.25, 0.3) is 10.9 Å². The van der Waals surface area contributed by atoms with Crippen molar-refractivity contribution in [3.05, 3.63) is 53.9 Å². The first-order chi connectivity index (χ1) is 14.5. The fourth-order valence-corrected chi connectivity index (χ4v) is 3.85. The molecule has 154 valence electrons. The second-order valence-corrected chi connectivity index (χ2v) is 8.07. The number of halogens is 1. The molecule has 2 aliphatic rings. The molecule has 1 aromatic carbocycles. The quantitative estimate of drug-likeness (QED) is 0.678. The maximum Gasteiger partial charge on any atom is 0.275 e. The van der Waals surface area contributed by atoms with Crippen molar-refractivity contribution in [3.63, 3.8) is 0 Å². The zero-order valence-corrected chi connectivity index (χ0v) is 16.7. The average Bonchev–Trinajstić information content (AvgIpc) is 3.43. The van der Waals surface area contributed by atoms with E-state index in [1.165, 1.54) is 25.1 Å². The summed E-state index contributed by atoms with van der Waals surface area (Å²) in [5.74, 6) is -0.135. The Labute approximate surface area is 173 Å². The number of hydrogen-bond donors (Lipinski definition) is 2. The summed E-state index contributed by atoms with van der Waals surface area (Å²) in [6.45, 7) is 3.64. The molecule has 30 heavy (non-hydrogen) atoms. The van der Waals surface area contributed by atoms with Crippen molar-refractivity contribution in [1.29, 1.82) is 0 Å². The molecule has 1 aliphatic heterocycles. The molecule has 0 radical (unpaired) electrons. The lowest BCUT2D eigenvalue weighted by atomic mass is 10.1. The fourth-order valence-electron chi connectivity index (χ4n) is 3.85. The van der Waals surface area contributed by atoms with Crippen molar-refractivity contribution in [3.8, 4) is 0 Å². The topological polar surface area (TPSA) is 83.0 Å². The Bertz CT molecular complexity index is 1100. The normalized spacial score (nSPS) is 18.7. The number of amides is 1. The van der Waals surface area contributed by atoms with Gasteiger partial charge in [-0.1, -0.05) is 6.07 Å². The van der Waals surface area contributed by atoms with Crippen molar-refractivity contribution in [2.45, 2.75) is 38.3 Å². The van der Waals surface area contributed by atoms with E-state index in [-0.39, 0.29) is 11.2 Å². The number of nitrogens with zero attached hydrogens (tertiary/aromatic N) is 4. The van der Waals surface area contributed by atoms with Gasteiger partial charge < -0.3 is 15.5 Å². The first-order valence-corrected chi connectivity index (χ1v) is 10.3. The van der Waals surface area contributed by atoms with E-state index >= 15 is 0 Å². The van der Waals surface area contributed by atoms with Crippen LogP contribution in [0.2, 0.25) is 0 Å². The van der Waals surface area contributed by atoms with Gasteiger partial charge in [-0.25, -0.2) is 14.4 Å². The maximum atomic E-state index is 14.4. The summed E-state index contributed by atoms with van der Waals surface area (Å²) in [5, 5.41) is 6.96. The lowest BCUT2D eigenvalue weighted by Gasteiger charge is -2.17. The molecule has 1 atom stereocenters. The van der Waals surface area contributed by atoms with Crippen LogP contribution < -0.4 is 15.5 Å². The Morgan fingerprint density at radius 3 is 2.77 bits per heavy atom. The molecule has 1 amide bonds. The molecule has 2 N–H and O–H groups in total. The Kier molecular flexibility index (Phi) is 4.78. The molecular formula is C22H23FN6O. The molecule has 1 saturated carbocycles. The van der Waals surface area contributed by atoms with Crippen LogP contribution in [0, 0.1) is 12.7 Å². The van der Waals surface area contributed by atoms with E-state index in [1.807, 2.05) is 6.92 Å². The molecule has 3 heterocycles. The maximum absolute atomic E-state index is 14.4. The molecule has 8 heteroatoms. The lowest BCUT2D eigenvalue weighted by Crippen LogP contribution is -2.34. The van der Waals surface area contributed by atoms with E-state index in [1.54, 1.807) is 24.4 Å². The van der Waals surface area contributed by atoms with Crippen LogP contribution in [0.1, 0.15) is 35.4 Å². The first-order valence-electron chi connectivity index (χ1n) is 10.3. The van der Waals surface area contributed by atoms with Gasteiger partial charge in [-0.3, -0.25) is 9.78 Å². The molecule has 1 aliphatic carbocycles. The van der Waals surface area contributed by atoms with Crippen molar-refractivity contribution in [2.24, 2.45) is 0 Å². The molecule has 1 saturated heterocycles. The van der Waals surface area contributed by atoms with Crippen LogP contribution in [0.15, 0.2) is 36.7 Å². The Balaban J connectivity index is 1.26. The summed E-state index contributed by atoms with van der Waals surface area (Å²) in [5.41, 5.74) is 1.57. The van der Waals surface area contributed by atoms with Gasteiger partial charge in [-0.05, 0) is 44.4 Å². The van der Waals surface area contributed by atoms with Crippen LogP contribution in [0.3, 0.4) is 0 Å². The summed E-state index contributed by atoms with van der Waals surface area (Å²) in [7, 11) is 0. The molecule has 0 spiro atoms. The highest BCUT2D eigenvalue weighted by Gasteiger charge is 2.29. The molecule has 0 unspecified atom stereocenters. The monoisotopic (exact) mass is 406 g/mol. The van der Waals surface area contributed by atoms with E-state index in [0.717, 1.165) is 31.0 Å². The van der Waals surface area contributed by atoms with E-state index in [9.17, 15) is 9.18 Å². The number of nitrogens with one attached hydrogen (secondary N) is 2. The third kappa shape index (κ3) is 3.95. The van der Waals surface area contributed by atoms with E-state index in [0.29, 0.717) is 23.2 Å². The summed E-state index contributed by atoms with van der Waals surface area (Å²) in [4.78, 5) is 27.6. The number of rotatable bonds is 5. The number of carbonyl (C=O) groups excluding carboxylic acids is 1. The number of benzene rings is 1. The van der Waals surface area contributed by atoms with Crippen LogP contribution in [0.5, 0.6) is 0 Å². The minimum Gasteiger partial charge on any atom is -0.354 e. The summed E-state index contributed by atoms with van der Waals surface area (Å²) in [6, 6.07) is 7.73. The summed E-state index contributed by atoms with van der Waals surface area (Å²) >= 11 is 0. The molecule has 7 nitrogen and oxygen atoms in total. The minimum absolute atomic E-state index is 0.188. The van der Waals surface area contributed by atoms with E-state index in [4.69, 9.17) is 0 Å². The zero-order valence-electron chi connectivity index (χ0n) is 16.7. The standard InChI is InChI=1S/C22H23FN6O/c1-13-2-3-14-8-17(9-18(23)21(14)26-13)28-22(30)19-10-25-20(11-24-19)29-7-6-16(12-29)27-15-4-5-15/h2-3,8-11,15-16,27H,4-7,12H2,1H3,(H,28,30)/t16-/m1/s1. The predicted molar refractivity (Wildman–Crippen MR) is 113 cm³/mol. The highest BCUT2D eigenvalue weighted by molar-refractivity contribution is 6.03. The zero-order chi connectivity index (χ0) is 20.7. The number of fused-ring (bicyclic) bond motifs is 1. The van der Waals surface area contributed by atoms with Crippen molar-refractivity contribution >= 4 is 28.3 Å². The van der Waals surface area contributed by atoms with Gasteiger partial charge in [0.05, 0.1) is 12.4 Å². The van der Waals surface area contributed by atoms with Gasteiger partial charge in [0, 0.05) is 41.9 Å². The van der Waals surface area contributed by atoms with Gasteiger partial charge in [0.2, 0.25) is 0 Å². The molecule has 5 rings (SSSR count). The second kappa shape index (κ2) is 7.60. The number of aryl methyl sites for hydroxylation is 1.